The molecule has 33 heavy (non-hydrogen) atoms. The van der Waals surface area contributed by atoms with Gasteiger partial charge in [-0.05, 0) is 44.1 Å². The zero-order valence-corrected chi connectivity index (χ0v) is 18.7. The molecule has 0 unspecified atom stereocenters. The number of halogens is 1. The Labute approximate surface area is 192 Å². The first-order chi connectivity index (χ1) is 15.9. The molecule has 0 saturated carbocycles. The summed E-state index contributed by atoms with van der Waals surface area (Å²) in [7, 11) is 4.13. The van der Waals surface area contributed by atoms with Gasteiger partial charge in [-0.3, -0.25) is 9.78 Å². The number of H-pyrrole nitrogens is 1. The number of rotatable bonds is 5. The molecule has 7 nitrogen and oxygen atoms in total. The molecule has 8 heteroatoms. The maximum absolute atomic E-state index is 14.5. The number of aromatic amines is 1. The lowest BCUT2D eigenvalue weighted by atomic mass is 9.99. The molecule has 0 amide bonds. The number of anilines is 1. The van der Waals surface area contributed by atoms with E-state index in [-0.39, 0.29) is 17.9 Å². The molecule has 2 aromatic carbocycles. The summed E-state index contributed by atoms with van der Waals surface area (Å²) in [5.74, 6) is -0.197. The van der Waals surface area contributed by atoms with Crippen molar-refractivity contribution in [1.29, 1.82) is 0 Å². The molecule has 0 radical (unpaired) electrons. The number of hydrogen-bond donors (Lipinski definition) is 2. The number of aliphatic hydroxyl groups is 1. The normalized spacial score (nSPS) is 14.5. The third kappa shape index (κ3) is 4.65. The number of benzene rings is 2. The summed E-state index contributed by atoms with van der Waals surface area (Å²) in [5.41, 5.74) is 2.04. The summed E-state index contributed by atoms with van der Waals surface area (Å²) in [4.78, 5) is 28.4. The molecular weight excluding hydrogens is 421 g/mol. The van der Waals surface area contributed by atoms with Gasteiger partial charge in [0.15, 0.2) is 0 Å². The molecule has 1 fully saturated rings. The van der Waals surface area contributed by atoms with Gasteiger partial charge < -0.3 is 14.9 Å². The Kier molecular flexibility index (Phi) is 6.54. The molecule has 0 aliphatic carbocycles. The summed E-state index contributed by atoms with van der Waals surface area (Å²) in [6, 6.07) is 11.7. The average molecular weight is 448 g/mol. The summed E-state index contributed by atoms with van der Waals surface area (Å²) >= 11 is 0. The summed E-state index contributed by atoms with van der Waals surface area (Å²) in [5, 5.41) is 9.35. The maximum Gasteiger partial charge on any atom is 0.260 e. The molecule has 1 saturated heterocycles. The van der Waals surface area contributed by atoms with E-state index in [1.807, 2.05) is 4.90 Å². The van der Waals surface area contributed by atoms with Crippen LogP contribution in [-0.2, 0) is 6.61 Å². The monoisotopic (exact) mass is 447 g/mol. The van der Waals surface area contributed by atoms with E-state index in [1.165, 1.54) is 12.1 Å². The van der Waals surface area contributed by atoms with Gasteiger partial charge in [0, 0.05) is 24.7 Å². The zero-order chi connectivity index (χ0) is 23.5. The van der Waals surface area contributed by atoms with Gasteiger partial charge in [-0.1, -0.05) is 36.4 Å². The van der Waals surface area contributed by atoms with E-state index in [0.29, 0.717) is 34.4 Å². The van der Waals surface area contributed by atoms with E-state index < -0.39 is 5.82 Å². The van der Waals surface area contributed by atoms with E-state index in [0.717, 1.165) is 31.5 Å². The topological polar surface area (TPSA) is 76.8 Å². The second-order valence-electron chi connectivity index (χ2n) is 8.43. The predicted octanol–water partition coefficient (Wildman–Crippen LogP) is 3.82. The number of nitrogens with one attached hydrogen (secondary N) is 1. The molecular formula is C25H26FN5O2. The fourth-order valence-electron chi connectivity index (χ4n) is 4.20. The van der Waals surface area contributed by atoms with Gasteiger partial charge in [0.25, 0.3) is 5.56 Å². The minimum Gasteiger partial charge on any atom is -0.392 e. The highest BCUT2D eigenvalue weighted by molar-refractivity contribution is 5.81. The first kappa shape index (κ1) is 22.6. The first-order valence-electron chi connectivity index (χ1n) is 10.8. The number of aliphatic hydroxyl groups excluding tert-OH is 1. The van der Waals surface area contributed by atoms with E-state index in [1.54, 1.807) is 30.3 Å². The molecule has 1 aliphatic heterocycles. The van der Waals surface area contributed by atoms with Crippen LogP contribution < -0.4 is 10.5 Å². The lowest BCUT2D eigenvalue weighted by molar-refractivity contribution is 0.249. The molecule has 0 bridgehead atoms. The SMILES string of the molecule is [C-]#[N+]c1ccc(-c2nc(N3CCC(N(C)C)CC3)[nH]c(=O)c2-c2ccc(CO)cc2)cc1F. The second-order valence-corrected chi connectivity index (χ2v) is 8.43. The van der Waals surface area contributed by atoms with Crippen molar-refractivity contribution in [1.82, 2.24) is 14.9 Å². The standard InChI is InChI=1S/C25H26FN5O2/c1-27-21-9-8-18(14-20(21)26)23-22(17-6-4-16(15-32)5-7-17)24(33)29-25(28-23)31-12-10-19(11-13-31)30(2)3/h4-9,14,19,32H,10-13,15H2,2-3H3,(H,28,29,33). The molecule has 2 N–H and O–H groups in total. The molecule has 4 rings (SSSR count). The number of hydrogen-bond acceptors (Lipinski definition) is 5. The van der Waals surface area contributed by atoms with Crippen LogP contribution in [0.2, 0.25) is 0 Å². The molecule has 0 spiro atoms. The van der Waals surface area contributed by atoms with Crippen molar-refractivity contribution in [2.75, 3.05) is 32.1 Å². The third-order valence-electron chi connectivity index (χ3n) is 6.17. The van der Waals surface area contributed by atoms with Crippen LogP contribution in [0.25, 0.3) is 27.2 Å². The maximum atomic E-state index is 14.5. The van der Waals surface area contributed by atoms with E-state index in [9.17, 15) is 14.3 Å². The Morgan fingerprint density at radius 2 is 1.85 bits per heavy atom. The van der Waals surface area contributed by atoms with E-state index >= 15 is 0 Å². The highest BCUT2D eigenvalue weighted by Crippen LogP contribution is 2.32. The minimum atomic E-state index is -0.653. The van der Waals surface area contributed by atoms with Gasteiger partial charge in [-0.25, -0.2) is 14.2 Å². The molecule has 0 atom stereocenters. The van der Waals surface area contributed by atoms with Crippen LogP contribution >= 0.6 is 0 Å². The van der Waals surface area contributed by atoms with Crippen LogP contribution in [0.5, 0.6) is 0 Å². The summed E-state index contributed by atoms with van der Waals surface area (Å²) in [6.45, 7) is 8.50. The Bertz CT molecular complexity index is 1240. The Morgan fingerprint density at radius 3 is 2.42 bits per heavy atom. The predicted molar refractivity (Wildman–Crippen MR) is 127 cm³/mol. The van der Waals surface area contributed by atoms with Gasteiger partial charge in [0.05, 0.1) is 24.4 Å². The summed E-state index contributed by atoms with van der Waals surface area (Å²) in [6.07, 6.45) is 1.90. The van der Waals surface area contributed by atoms with Crippen molar-refractivity contribution < 1.29 is 9.50 Å². The number of nitrogens with zero attached hydrogens (tertiary/aromatic N) is 4. The molecule has 2 heterocycles. The highest BCUT2D eigenvalue weighted by Gasteiger charge is 2.24. The van der Waals surface area contributed by atoms with Crippen molar-refractivity contribution in [3.8, 4) is 22.4 Å². The quantitative estimate of drug-likeness (QED) is 0.582. The smallest absolute Gasteiger partial charge is 0.260 e. The van der Waals surface area contributed by atoms with Crippen molar-refractivity contribution in [3.05, 3.63) is 75.6 Å². The molecule has 1 aromatic heterocycles. The summed E-state index contributed by atoms with van der Waals surface area (Å²) < 4.78 is 14.5. The van der Waals surface area contributed by atoms with Crippen LogP contribution in [-0.4, -0.2) is 53.2 Å². The van der Waals surface area contributed by atoms with Crippen LogP contribution in [0, 0.1) is 12.4 Å². The van der Waals surface area contributed by atoms with Gasteiger partial charge in [-0.2, -0.15) is 0 Å². The van der Waals surface area contributed by atoms with Crippen molar-refractivity contribution >= 4 is 11.6 Å². The van der Waals surface area contributed by atoms with Crippen LogP contribution in [0.4, 0.5) is 16.0 Å². The third-order valence-corrected chi connectivity index (χ3v) is 6.17. The van der Waals surface area contributed by atoms with Crippen molar-refractivity contribution in [3.63, 3.8) is 0 Å². The van der Waals surface area contributed by atoms with E-state index in [4.69, 9.17) is 11.6 Å². The van der Waals surface area contributed by atoms with Gasteiger partial charge >= 0.3 is 0 Å². The lowest BCUT2D eigenvalue weighted by Crippen LogP contribution is -2.43. The van der Waals surface area contributed by atoms with E-state index in [2.05, 4.69) is 28.8 Å². The van der Waals surface area contributed by atoms with Gasteiger partial charge in [-0.15, -0.1) is 0 Å². The Hall–Kier alpha value is -3.54. The van der Waals surface area contributed by atoms with Crippen molar-refractivity contribution in [2.45, 2.75) is 25.5 Å². The zero-order valence-electron chi connectivity index (χ0n) is 18.7. The number of aromatic nitrogens is 2. The molecule has 170 valence electrons. The van der Waals surface area contributed by atoms with Crippen LogP contribution in [0.15, 0.2) is 47.3 Å². The number of piperidine rings is 1. The largest absolute Gasteiger partial charge is 0.392 e. The second kappa shape index (κ2) is 9.53. The first-order valence-corrected chi connectivity index (χ1v) is 10.8. The molecule has 1 aliphatic rings. The van der Waals surface area contributed by atoms with Gasteiger partial charge in [0.2, 0.25) is 11.6 Å². The Balaban J connectivity index is 1.82. The molecule has 3 aromatic rings. The highest BCUT2D eigenvalue weighted by atomic mass is 19.1. The van der Waals surface area contributed by atoms with Crippen LogP contribution in [0.3, 0.4) is 0 Å². The van der Waals surface area contributed by atoms with Gasteiger partial charge in [0.1, 0.15) is 5.82 Å². The van der Waals surface area contributed by atoms with Crippen LogP contribution in [0.1, 0.15) is 18.4 Å². The fourth-order valence-corrected chi connectivity index (χ4v) is 4.20. The lowest BCUT2D eigenvalue weighted by Gasteiger charge is -2.35. The van der Waals surface area contributed by atoms with Crippen molar-refractivity contribution in [2.24, 2.45) is 0 Å². The minimum absolute atomic E-state index is 0.0802. The Morgan fingerprint density at radius 1 is 1.18 bits per heavy atom. The average Bonchev–Trinajstić information content (AvgIpc) is 2.83. The fraction of sp³-hybridized carbons (Fsp3) is 0.320.